The van der Waals surface area contributed by atoms with Crippen molar-refractivity contribution >= 4 is 22.8 Å². The lowest BCUT2D eigenvalue weighted by atomic mass is 10.1. The maximum atomic E-state index is 11.4. The number of aryl methyl sites for hydroxylation is 1. The van der Waals surface area contributed by atoms with Gasteiger partial charge in [-0.2, -0.15) is 4.98 Å². The minimum absolute atomic E-state index is 0.392. The van der Waals surface area contributed by atoms with Crippen LogP contribution in [0.5, 0.6) is 5.75 Å². The highest BCUT2D eigenvalue weighted by molar-refractivity contribution is 7.79. The van der Waals surface area contributed by atoms with Crippen molar-refractivity contribution in [2.75, 3.05) is 49.1 Å². The van der Waals surface area contributed by atoms with Gasteiger partial charge in [-0.1, -0.05) is 0 Å². The lowest BCUT2D eigenvalue weighted by molar-refractivity contribution is 0.153. The maximum Gasteiger partial charge on any atom is 0.227 e. The van der Waals surface area contributed by atoms with Crippen LogP contribution in [0.15, 0.2) is 0 Å². The van der Waals surface area contributed by atoms with Crippen molar-refractivity contribution in [3.63, 3.8) is 0 Å². The molecule has 3 atom stereocenters. The zero-order valence-corrected chi connectivity index (χ0v) is 15.4. The highest BCUT2D eigenvalue weighted by atomic mass is 32.2. The Balaban J connectivity index is 1.71. The Morgan fingerprint density at radius 3 is 2.73 bits per heavy atom. The fourth-order valence-electron chi connectivity index (χ4n) is 3.71. The average molecular weight is 382 g/mol. The summed E-state index contributed by atoms with van der Waals surface area (Å²) >= 11 is -2.30. The van der Waals surface area contributed by atoms with Crippen LogP contribution in [0.2, 0.25) is 0 Å². The fourth-order valence-corrected chi connectivity index (χ4v) is 4.19. The van der Waals surface area contributed by atoms with E-state index in [1.165, 1.54) is 0 Å². The molecule has 9 nitrogen and oxygen atoms in total. The Labute approximate surface area is 155 Å². The number of hydrogen-bond donors (Lipinski definition) is 2. The van der Waals surface area contributed by atoms with Gasteiger partial charge in [0.05, 0.1) is 11.8 Å². The van der Waals surface area contributed by atoms with Crippen molar-refractivity contribution in [2.45, 2.75) is 37.2 Å². The normalized spacial score (nSPS) is 27.6. The molecule has 10 heteroatoms. The Morgan fingerprint density at radius 2 is 2.00 bits per heavy atom. The van der Waals surface area contributed by atoms with Crippen molar-refractivity contribution in [1.82, 2.24) is 15.3 Å². The first-order valence-electron chi connectivity index (χ1n) is 9.16. The van der Waals surface area contributed by atoms with E-state index < -0.39 is 22.6 Å². The summed E-state index contributed by atoms with van der Waals surface area (Å²) in [6.07, 6.45) is 2.15. The van der Waals surface area contributed by atoms with Gasteiger partial charge in [-0.3, -0.25) is 4.21 Å². The number of ether oxygens (including phenoxy) is 1. The molecule has 4 heterocycles. The van der Waals surface area contributed by atoms with E-state index in [1.807, 2.05) is 4.90 Å². The molecule has 0 saturated carbocycles. The van der Waals surface area contributed by atoms with Gasteiger partial charge in [0.15, 0.2) is 17.0 Å². The first kappa shape index (κ1) is 17.9. The third kappa shape index (κ3) is 3.64. The van der Waals surface area contributed by atoms with Crippen molar-refractivity contribution < 1.29 is 18.6 Å². The maximum absolute atomic E-state index is 11.4. The van der Waals surface area contributed by atoms with E-state index in [9.17, 15) is 13.9 Å². The molecule has 1 aromatic rings. The van der Waals surface area contributed by atoms with Crippen LogP contribution in [0.3, 0.4) is 0 Å². The Kier molecular flexibility index (Phi) is 5.25. The highest BCUT2D eigenvalue weighted by Crippen LogP contribution is 2.38. The second kappa shape index (κ2) is 7.63. The number of nitrogens with one attached hydrogen (secondary N) is 1. The summed E-state index contributed by atoms with van der Waals surface area (Å²) in [5, 5.41) is 13.4. The standard InChI is InChI=1S/C16H25N5O4S/c22-11-2-1-7-21(10-11)15-14-12(3-4-13(25-14)26(23)24)18-16(19-15)20-8-5-17-6-9-20/h11,13,17,22H,1-10H2,(H,23,24)/p-1. The molecule has 2 fully saturated rings. The molecule has 0 aliphatic carbocycles. The van der Waals surface area contributed by atoms with E-state index >= 15 is 0 Å². The number of aliphatic hydroxyl groups is 1. The monoisotopic (exact) mass is 382 g/mol. The van der Waals surface area contributed by atoms with Gasteiger partial charge >= 0.3 is 0 Å². The van der Waals surface area contributed by atoms with Crippen molar-refractivity contribution in [1.29, 1.82) is 0 Å². The molecule has 26 heavy (non-hydrogen) atoms. The van der Waals surface area contributed by atoms with E-state index in [1.54, 1.807) is 0 Å². The van der Waals surface area contributed by atoms with Gasteiger partial charge in [-0.15, -0.1) is 0 Å². The van der Waals surface area contributed by atoms with E-state index in [0.29, 0.717) is 36.9 Å². The molecule has 2 saturated heterocycles. The summed E-state index contributed by atoms with van der Waals surface area (Å²) in [5.74, 6) is 1.72. The van der Waals surface area contributed by atoms with Crippen LogP contribution in [0.1, 0.15) is 25.0 Å². The van der Waals surface area contributed by atoms with Crippen LogP contribution in [-0.4, -0.2) is 74.6 Å². The number of fused-ring (bicyclic) bond motifs is 1. The molecule has 144 valence electrons. The van der Waals surface area contributed by atoms with Crippen molar-refractivity contribution in [2.24, 2.45) is 0 Å². The van der Waals surface area contributed by atoms with Crippen LogP contribution in [0, 0.1) is 0 Å². The molecule has 1 aromatic heterocycles. The fraction of sp³-hybridized carbons (Fsp3) is 0.750. The summed E-state index contributed by atoms with van der Waals surface area (Å²) in [6.45, 7) is 4.65. The summed E-state index contributed by atoms with van der Waals surface area (Å²) in [4.78, 5) is 13.5. The Bertz CT molecular complexity index is 685. The van der Waals surface area contributed by atoms with Gasteiger partial charge in [0.1, 0.15) is 0 Å². The van der Waals surface area contributed by atoms with Crippen molar-refractivity contribution in [3.05, 3.63) is 5.69 Å². The number of aromatic nitrogens is 2. The molecule has 2 N–H and O–H groups in total. The highest BCUT2D eigenvalue weighted by Gasteiger charge is 2.31. The average Bonchev–Trinajstić information content (AvgIpc) is 2.67. The topological polar surface area (TPSA) is 114 Å². The first-order valence-corrected chi connectivity index (χ1v) is 10.3. The van der Waals surface area contributed by atoms with Gasteiger partial charge in [-0.05, 0) is 30.3 Å². The van der Waals surface area contributed by atoms with Crippen LogP contribution in [-0.2, 0) is 17.5 Å². The van der Waals surface area contributed by atoms with Gasteiger partial charge in [0.2, 0.25) is 5.95 Å². The molecule has 4 rings (SSSR count). The summed E-state index contributed by atoms with van der Waals surface area (Å²) < 4.78 is 28.5. The quantitative estimate of drug-likeness (QED) is 0.660. The first-order chi connectivity index (χ1) is 12.6. The molecule has 0 spiro atoms. The van der Waals surface area contributed by atoms with Crippen LogP contribution < -0.4 is 19.9 Å². The van der Waals surface area contributed by atoms with E-state index in [-0.39, 0.29) is 0 Å². The number of β-amino-alcohol motifs (C(OH)–C–C–N with tert-alkyl or cyclic N) is 1. The van der Waals surface area contributed by atoms with Crippen molar-refractivity contribution in [3.8, 4) is 5.75 Å². The molecule has 3 aliphatic heterocycles. The van der Waals surface area contributed by atoms with Gasteiger partial charge in [0, 0.05) is 45.7 Å². The third-order valence-corrected chi connectivity index (χ3v) is 5.84. The molecule has 0 radical (unpaired) electrons. The molecular weight excluding hydrogens is 358 g/mol. The number of hydrogen-bond acceptors (Lipinski definition) is 9. The van der Waals surface area contributed by atoms with E-state index in [4.69, 9.17) is 9.72 Å². The number of piperazine rings is 1. The molecule has 3 aliphatic rings. The minimum atomic E-state index is -2.30. The number of anilines is 2. The summed E-state index contributed by atoms with van der Waals surface area (Å²) in [7, 11) is 0. The zero-order valence-electron chi connectivity index (χ0n) is 14.6. The zero-order chi connectivity index (χ0) is 18.1. The van der Waals surface area contributed by atoms with E-state index in [0.717, 1.165) is 51.3 Å². The van der Waals surface area contributed by atoms with Crippen LogP contribution in [0.4, 0.5) is 11.8 Å². The second-order valence-electron chi connectivity index (χ2n) is 6.95. The number of nitrogens with zero attached hydrogens (tertiary/aromatic N) is 4. The van der Waals surface area contributed by atoms with Gasteiger partial charge in [0.25, 0.3) is 0 Å². The predicted molar refractivity (Wildman–Crippen MR) is 96.2 cm³/mol. The largest absolute Gasteiger partial charge is 0.770 e. The molecule has 3 unspecified atom stereocenters. The smallest absolute Gasteiger partial charge is 0.227 e. The SMILES string of the molecule is O=S([O-])C1CCc2nc(N3CCNCC3)nc(N3CCCC(O)C3)c2O1. The van der Waals surface area contributed by atoms with Crippen LogP contribution >= 0.6 is 0 Å². The Hall–Kier alpha value is -1.49. The molecular formula is C16H24N5O4S-. The lowest BCUT2D eigenvalue weighted by Crippen LogP contribution is -2.45. The number of rotatable bonds is 3. The molecule has 0 bridgehead atoms. The Morgan fingerprint density at radius 1 is 1.19 bits per heavy atom. The number of piperidine rings is 1. The van der Waals surface area contributed by atoms with Gasteiger partial charge < -0.3 is 29.5 Å². The summed E-state index contributed by atoms with van der Waals surface area (Å²) in [5.41, 5.74) is -0.116. The minimum Gasteiger partial charge on any atom is -0.770 e. The second-order valence-corrected chi connectivity index (χ2v) is 8.00. The summed E-state index contributed by atoms with van der Waals surface area (Å²) in [6, 6.07) is 0. The number of aliphatic hydroxyl groups excluding tert-OH is 1. The lowest BCUT2D eigenvalue weighted by Gasteiger charge is -2.36. The predicted octanol–water partition coefficient (Wildman–Crippen LogP) is -0.622. The van der Waals surface area contributed by atoms with Gasteiger partial charge in [-0.25, -0.2) is 4.98 Å². The van der Waals surface area contributed by atoms with Crippen LogP contribution in [0.25, 0.3) is 0 Å². The third-order valence-electron chi connectivity index (χ3n) is 5.08. The molecule has 0 aromatic carbocycles. The van der Waals surface area contributed by atoms with E-state index in [2.05, 4.69) is 15.2 Å². The molecule has 0 amide bonds.